The number of carbonyl (C=O) groups excluding carboxylic acids is 2. The van der Waals surface area contributed by atoms with Gasteiger partial charge < -0.3 is 4.74 Å². The van der Waals surface area contributed by atoms with Crippen LogP contribution in [0.25, 0.3) is 0 Å². The van der Waals surface area contributed by atoms with E-state index in [9.17, 15) is 9.59 Å². The average Bonchev–Trinajstić information content (AvgIpc) is 2.27. The molecule has 0 unspecified atom stereocenters. The highest BCUT2D eigenvalue weighted by Crippen LogP contribution is 2.03. The molecule has 0 aliphatic rings. The maximum Gasteiger partial charge on any atom is 0.313 e. The van der Waals surface area contributed by atoms with Crippen LogP contribution in [0.5, 0.6) is 0 Å². The third kappa shape index (κ3) is 3.94. The Hall–Kier alpha value is -1.64. The number of Topliss-reactive ketones (excluding diaryl/α,β-unsaturated/α-hetero) is 1. The maximum atomic E-state index is 11.5. The molecule has 0 atom stereocenters. The number of ether oxygens (including phenoxy) is 1. The first-order valence-corrected chi connectivity index (χ1v) is 4.98. The van der Waals surface area contributed by atoms with Gasteiger partial charge in [-0.1, -0.05) is 37.3 Å². The van der Waals surface area contributed by atoms with Gasteiger partial charge in [0, 0.05) is 5.56 Å². The van der Waals surface area contributed by atoms with Crippen molar-refractivity contribution in [1.82, 2.24) is 0 Å². The Labute approximate surface area is 89.1 Å². The summed E-state index contributed by atoms with van der Waals surface area (Å²) in [7, 11) is 0. The van der Waals surface area contributed by atoms with Gasteiger partial charge in [0.1, 0.15) is 6.42 Å². The topological polar surface area (TPSA) is 43.4 Å². The van der Waals surface area contributed by atoms with Gasteiger partial charge in [0.25, 0.3) is 0 Å². The first-order chi connectivity index (χ1) is 7.24. The molecule has 1 aromatic carbocycles. The van der Waals surface area contributed by atoms with Crippen LogP contribution in [0.1, 0.15) is 30.1 Å². The molecular weight excluding hydrogens is 192 g/mol. The summed E-state index contributed by atoms with van der Waals surface area (Å²) in [5.41, 5.74) is 0.547. The second-order valence-electron chi connectivity index (χ2n) is 3.19. The summed E-state index contributed by atoms with van der Waals surface area (Å²) in [6.45, 7) is 2.28. The van der Waals surface area contributed by atoms with E-state index in [1.807, 2.05) is 13.0 Å². The van der Waals surface area contributed by atoms with Gasteiger partial charge in [0.2, 0.25) is 0 Å². The van der Waals surface area contributed by atoms with Crippen LogP contribution >= 0.6 is 0 Å². The summed E-state index contributed by atoms with van der Waals surface area (Å²) in [6.07, 6.45) is 0.593. The highest BCUT2D eigenvalue weighted by Gasteiger charge is 2.11. The fourth-order valence-corrected chi connectivity index (χ4v) is 1.12. The van der Waals surface area contributed by atoms with Crippen LogP contribution in [0, 0.1) is 0 Å². The van der Waals surface area contributed by atoms with Crippen LogP contribution in [0.4, 0.5) is 0 Å². The normalized spacial score (nSPS) is 9.67. The number of hydrogen-bond donors (Lipinski definition) is 0. The van der Waals surface area contributed by atoms with Crippen molar-refractivity contribution < 1.29 is 14.3 Å². The molecule has 0 heterocycles. The van der Waals surface area contributed by atoms with Crippen LogP contribution in [-0.4, -0.2) is 18.4 Å². The Balaban J connectivity index is 2.46. The zero-order valence-corrected chi connectivity index (χ0v) is 8.73. The molecule has 1 rings (SSSR count). The zero-order chi connectivity index (χ0) is 11.1. The van der Waals surface area contributed by atoms with Crippen molar-refractivity contribution in [2.75, 3.05) is 6.61 Å². The molecule has 0 saturated heterocycles. The molecule has 80 valence electrons. The summed E-state index contributed by atoms with van der Waals surface area (Å²) < 4.78 is 4.82. The highest BCUT2D eigenvalue weighted by molar-refractivity contribution is 6.05. The summed E-state index contributed by atoms with van der Waals surface area (Å²) in [5.74, 6) is -0.651. The first-order valence-electron chi connectivity index (χ1n) is 4.98. The van der Waals surface area contributed by atoms with E-state index < -0.39 is 5.97 Å². The summed E-state index contributed by atoms with van der Waals surface area (Å²) >= 11 is 0. The van der Waals surface area contributed by atoms with Crippen molar-refractivity contribution in [1.29, 1.82) is 0 Å². The third-order valence-electron chi connectivity index (χ3n) is 1.87. The fourth-order valence-electron chi connectivity index (χ4n) is 1.12. The number of esters is 1. The molecular formula is C12H14O3. The van der Waals surface area contributed by atoms with Gasteiger partial charge in [0.05, 0.1) is 6.61 Å². The Morgan fingerprint density at radius 1 is 1.20 bits per heavy atom. The van der Waals surface area contributed by atoms with Crippen molar-refractivity contribution >= 4 is 11.8 Å². The molecule has 0 radical (unpaired) electrons. The van der Waals surface area contributed by atoms with Gasteiger partial charge in [-0.05, 0) is 6.42 Å². The molecule has 15 heavy (non-hydrogen) atoms. The lowest BCUT2D eigenvalue weighted by atomic mass is 10.1. The van der Waals surface area contributed by atoms with Crippen LogP contribution < -0.4 is 0 Å². The van der Waals surface area contributed by atoms with Gasteiger partial charge in [-0.15, -0.1) is 0 Å². The van der Waals surface area contributed by atoms with Gasteiger partial charge in [-0.3, -0.25) is 9.59 Å². The minimum atomic E-state index is -0.453. The first kappa shape index (κ1) is 11.4. The largest absolute Gasteiger partial charge is 0.465 e. The van der Waals surface area contributed by atoms with E-state index in [1.165, 1.54) is 0 Å². The quantitative estimate of drug-likeness (QED) is 0.421. The fraction of sp³-hybridized carbons (Fsp3) is 0.333. The standard InChI is InChI=1S/C12H14O3/c1-2-8-15-12(14)9-11(13)10-6-4-3-5-7-10/h3-7H,2,8-9H2,1H3. The molecule has 0 aromatic heterocycles. The zero-order valence-electron chi connectivity index (χ0n) is 8.73. The van der Waals surface area contributed by atoms with Crippen molar-refractivity contribution in [2.24, 2.45) is 0 Å². The van der Waals surface area contributed by atoms with Crippen molar-refractivity contribution in [2.45, 2.75) is 19.8 Å². The number of carbonyl (C=O) groups is 2. The third-order valence-corrected chi connectivity index (χ3v) is 1.87. The SMILES string of the molecule is CCCOC(=O)CC(=O)c1ccccc1. The average molecular weight is 206 g/mol. The van der Waals surface area contributed by atoms with Gasteiger partial charge >= 0.3 is 5.97 Å². The summed E-state index contributed by atoms with van der Waals surface area (Å²) in [6, 6.07) is 8.74. The van der Waals surface area contributed by atoms with E-state index in [-0.39, 0.29) is 12.2 Å². The smallest absolute Gasteiger partial charge is 0.313 e. The Morgan fingerprint density at radius 2 is 1.87 bits per heavy atom. The Kier molecular flexibility index (Phi) is 4.54. The van der Waals surface area contributed by atoms with Gasteiger partial charge in [-0.2, -0.15) is 0 Å². The molecule has 0 spiro atoms. The summed E-state index contributed by atoms with van der Waals surface area (Å²) in [5, 5.41) is 0. The summed E-state index contributed by atoms with van der Waals surface area (Å²) in [4.78, 5) is 22.7. The molecule has 0 aliphatic heterocycles. The van der Waals surface area contributed by atoms with E-state index in [2.05, 4.69) is 0 Å². The molecule has 0 aliphatic carbocycles. The lowest BCUT2D eigenvalue weighted by molar-refractivity contribution is -0.142. The second kappa shape index (κ2) is 5.96. The van der Waals surface area contributed by atoms with Crippen LogP contribution in [-0.2, 0) is 9.53 Å². The Morgan fingerprint density at radius 3 is 2.47 bits per heavy atom. The molecule has 3 nitrogen and oxygen atoms in total. The maximum absolute atomic E-state index is 11.5. The number of ketones is 1. The molecule has 0 fully saturated rings. The number of rotatable bonds is 5. The predicted octanol–water partition coefficient (Wildman–Crippen LogP) is 2.21. The van der Waals surface area contributed by atoms with E-state index in [4.69, 9.17) is 4.74 Å². The van der Waals surface area contributed by atoms with Crippen molar-refractivity contribution in [3.05, 3.63) is 35.9 Å². The lowest BCUT2D eigenvalue weighted by Gasteiger charge is -2.02. The van der Waals surface area contributed by atoms with Crippen LogP contribution in [0.15, 0.2) is 30.3 Å². The van der Waals surface area contributed by atoms with E-state index in [0.717, 1.165) is 6.42 Å². The number of benzene rings is 1. The van der Waals surface area contributed by atoms with Crippen molar-refractivity contribution in [3.8, 4) is 0 Å². The molecule has 0 saturated carbocycles. The van der Waals surface area contributed by atoms with E-state index >= 15 is 0 Å². The van der Waals surface area contributed by atoms with Gasteiger partial charge in [0.15, 0.2) is 5.78 Å². The van der Waals surface area contributed by atoms with E-state index in [0.29, 0.717) is 12.2 Å². The Bertz CT molecular complexity index is 330. The second-order valence-corrected chi connectivity index (χ2v) is 3.19. The van der Waals surface area contributed by atoms with Crippen molar-refractivity contribution in [3.63, 3.8) is 0 Å². The molecule has 0 amide bonds. The molecule has 0 bridgehead atoms. The minimum Gasteiger partial charge on any atom is -0.465 e. The lowest BCUT2D eigenvalue weighted by Crippen LogP contribution is -2.11. The number of hydrogen-bond acceptors (Lipinski definition) is 3. The minimum absolute atomic E-state index is 0.177. The predicted molar refractivity (Wildman–Crippen MR) is 56.6 cm³/mol. The highest BCUT2D eigenvalue weighted by atomic mass is 16.5. The van der Waals surface area contributed by atoms with Crippen LogP contribution in [0.3, 0.4) is 0 Å². The van der Waals surface area contributed by atoms with E-state index in [1.54, 1.807) is 24.3 Å². The van der Waals surface area contributed by atoms with Crippen LogP contribution in [0.2, 0.25) is 0 Å². The van der Waals surface area contributed by atoms with Gasteiger partial charge in [-0.25, -0.2) is 0 Å². The molecule has 3 heteroatoms. The monoisotopic (exact) mass is 206 g/mol. The molecule has 1 aromatic rings. The molecule has 0 N–H and O–H groups in total.